The zero-order valence-electron chi connectivity index (χ0n) is 13.1. The molecule has 0 spiro atoms. The van der Waals surface area contributed by atoms with Crippen LogP contribution in [0.1, 0.15) is 64.7 Å². The maximum absolute atomic E-state index is 4.32. The van der Waals surface area contributed by atoms with Crippen molar-refractivity contribution in [1.29, 1.82) is 0 Å². The van der Waals surface area contributed by atoms with Crippen LogP contribution < -0.4 is 0 Å². The Kier molecular flexibility index (Phi) is 2.95. The van der Waals surface area contributed by atoms with Crippen molar-refractivity contribution in [3.63, 3.8) is 0 Å². The van der Waals surface area contributed by atoms with Gasteiger partial charge in [-0.15, -0.1) is 6.58 Å². The molecule has 4 aliphatic rings. The summed E-state index contributed by atoms with van der Waals surface area (Å²) in [4.78, 5) is 0. The van der Waals surface area contributed by atoms with E-state index in [1.54, 1.807) is 0 Å². The van der Waals surface area contributed by atoms with E-state index in [1.165, 1.54) is 57.8 Å². The van der Waals surface area contributed by atoms with Gasteiger partial charge in [-0.2, -0.15) is 0 Å². The summed E-state index contributed by atoms with van der Waals surface area (Å²) >= 11 is 0. The highest BCUT2D eigenvalue weighted by molar-refractivity contribution is 5.17. The van der Waals surface area contributed by atoms with E-state index < -0.39 is 0 Å². The van der Waals surface area contributed by atoms with Crippen LogP contribution in [0.2, 0.25) is 0 Å². The summed E-state index contributed by atoms with van der Waals surface area (Å²) in [5, 5.41) is 0. The van der Waals surface area contributed by atoms with Gasteiger partial charge < -0.3 is 0 Å². The quantitative estimate of drug-likeness (QED) is 0.532. The summed E-state index contributed by atoms with van der Waals surface area (Å²) in [6.45, 7) is 6.92. The summed E-state index contributed by atoms with van der Waals surface area (Å²) in [5.41, 5.74) is 1.16. The van der Waals surface area contributed by atoms with Gasteiger partial charge in [-0.05, 0) is 85.9 Å². The lowest BCUT2D eigenvalue weighted by Crippen LogP contribution is -2.51. The lowest BCUT2D eigenvalue weighted by atomic mass is 9.45. The van der Waals surface area contributed by atoms with Crippen LogP contribution in [0.25, 0.3) is 0 Å². The van der Waals surface area contributed by atoms with Crippen LogP contribution in [0.4, 0.5) is 0 Å². The van der Waals surface area contributed by atoms with Gasteiger partial charge in [-0.1, -0.05) is 31.6 Å². The van der Waals surface area contributed by atoms with Gasteiger partial charge in [-0.3, -0.25) is 0 Å². The minimum atomic E-state index is 0.460. The molecule has 0 heteroatoms. The van der Waals surface area contributed by atoms with Crippen LogP contribution in [0, 0.1) is 34.5 Å². The molecule has 0 N–H and O–H groups in total. The second kappa shape index (κ2) is 4.49. The SMILES string of the molecule is C=CC12CC=CCC1CC[C@@H]1[C@@H]2CC[C@]2(C)CCC[C@@H]12. The lowest BCUT2D eigenvalue weighted by molar-refractivity contribution is -0.0721. The molecule has 110 valence electrons. The Morgan fingerprint density at radius 3 is 2.80 bits per heavy atom. The molecule has 0 radical (unpaired) electrons. The summed E-state index contributed by atoms with van der Waals surface area (Å²) in [6, 6.07) is 0. The van der Waals surface area contributed by atoms with Crippen molar-refractivity contribution in [3.8, 4) is 0 Å². The maximum Gasteiger partial charge on any atom is -0.00243 e. The predicted molar refractivity (Wildman–Crippen MR) is 85.4 cm³/mol. The average Bonchev–Trinajstić information content (AvgIpc) is 2.88. The summed E-state index contributed by atoms with van der Waals surface area (Å²) in [5.74, 6) is 3.89. The van der Waals surface area contributed by atoms with E-state index in [4.69, 9.17) is 0 Å². The average molecular weight is 270 g/mol. The van der Waals surface area contributed by atoms with Crippen molar-refractivity contribution in [2.45, 2.75) is 64.7 Å². The van der Waals surface area contributed by atoms with Gasteiger partial charge in [0.15, 0.2) is 0 Å². The number of allylic oxidation sites excluding steroid dienone is 3. The van der Waals surface area contributed by atoms with Crippen molar-refractivity contribution >= 4 is 0 Å². The van der Waals surface area contributed by atoms with E-state index in [9.17, 15) is 0 Å². The van der Waals surface area contributed by atoms with Crippen LogP contribution in [0.5, 0.6) is 0 Å². The topological polar surface area (TPSA) is 0 Å². The Balaban J connectivity index is 1.70. The van der Waals surface area contributed by atoms with Crippen molar-refractivity contribution in [3.05, 3.63) is 24.8 Å². The van der Waals surface area contributed by atoms with Gasteiger partial charge in [0.05, 0.1) is 0 Å². The fourth-order valence-electron chi connectivity index (χ4n) is 6.92. The lowest BCUT2D eigenvalue weighted by Gasteiger charge is -2.59. The van der Waals surface area contributed by atoms with Crippen molar-refractivity contribution < 1.29 is 0 Å². The number of rotatable bonds is 1. The third kappa shape index (κ3) is 1.60. The third-order valence-corrected chi connectivity index (χ3v) is 7.96. The second-order valence-electron chi connectivity index (χ2n) is 8.46. The molecule has 0 heterocycles. The molecule has 2 unspecified atom stereocenters. The predicted octanol–water partition coefficient (Wildman–Crippen LogP) is 5.75. The van der Waals surface area contributed by atoms with E-state index in [1.807, 2.05) is 0 Å². The van der Waals surface area contributed by atoms with E-state index in [2.05, 4.69) is 31.7 Å². The Morgan fingerprint density at radius 1 is 1.05 bits per heavy atom. The van der Waals surface area contributed by atoms with E-state index >= 15 is 0 Å². The third-order valence-electron chi connectivity index (χ3n) is 7.96. The smallest absolute Gasteiger partial charge is 0.00243 e. The largest absolute Gasteiger partial charge is 0.102 e. The highest BCUT2D eigenvalue weighted by Gasteiger charge is 2.57. The minimum absolute atomic E-state index is 0.460. The van der Waals surface area contributed by atoms with E-state index in [0.717, 1.165) is 23.7 Å². The Labute approximate surface area is 124 Å². The molecule has 0 aromatic carbocycles. The molecule has 0 nitrogen and oxygen atoms in total. The van der Waals surface area contributed by atoms with Gasteiger partial charge in [0, 0.05) is 0 Å². The van der Waals surface area contributed by atoms with E-state index in [-0.39, 0.29) is 0 Å². The zero-order chi connectivity index (χ0) is 13.8. The van der Waals surface area contributed by atoms with Crippen molar-refractivity contribution in [2.75, 3.05) is 0 Å². The first-order valence-electron chi connectivity index (χ1n) is 8.98. The molecule has 0 amide bonds. The monoisotopic (exact) mass is 270 g/mol. The number of hydrogen-bond acceptors (Lipinski definition) is 0. The molecule has 0 bridgehead atoms. The molecule has 3 fully saturated rings. The van der Waals surface area contributed by atoms with Crippen LogP contribution in [-0.2, 0) is 0 Å². The standard InChI is InChI=1S/C20H30/c1-3-20-13-5-4-7-15(20)9-10-16-17-8-6-12-19(17,2)14-11-18(16)20/h3-5,15-18H,1,6-14H2,2H3/t15?,16-,17-,18-,19-,20?/m0/s1. The molecule has 6 atom stereocenters. The van der Waals surface area contributed by atoms with Crippen LogP contribution >= 0.6 is 0 Å². The Hall–Kier alpha value is -0.520. The molecule has 0 aromatic heterocycles. The molecule has 0 aliphatic heterocycles. The summed E-state index contributed by atoms with van der Waals surface area (Å²) in [6.07, 6.45) is 20.4. The molecule has 4 aliphatic carbocycles. The maximum atomic E-state index is 4.32. The first kappa shape index (κ1) is 13.2. The van der Waals surface area contributed by atoms with Gasteiger partial charge in [0.25, 0.3) is 0 Å². The van der Waals surface area contributed by atoms with E-state index in [0.29, 0.717) is 10.8 Å². The highest BCUT2D eigenvalue weighted by atomic mass is 14.6. The normalized spacial score (nSPS) is 53.9. The highest BCUT2D eigenvalue weighted by Crippen LogP contribution is 2.65. The number of hydrogen-bond donors (Lipinski definition) is 0. The van der Waals surface area contributed by atoms with Gasteiger partial charge in [0.1, 0.15) is 0 Å². The minimum Gasteiger partial charge on any atom is -0.102 e. The summed E-state index contributed by atoms with van der Waals surface area (Å²) < 4.78 is 0. The molecular weight excluding hydrogens is 240 g/mol. The van der Waals surface area contributed by atoms with Crippen LogP contribution in [0.3, 0.4) is 0 Å². The molecule has 20 heavy (non-hydrogen) atoms. The summed E-state index contributed by atoms with van der Waals surface area (Å²) in [7, 11) is 0. The van der Waals surface area contributed by atoms with Crippen LogP contribution in [-0.4, -0.2) is 0 Å². The Morgan fingerprint density at radius 2 is 1.95 bits per heavy atom. The first-order valence-corrected chi connectivity index (χ1v) is 8.98. The number of fused-ring (bicyclic) bond motifs is 5. The molecular formula is C20H30. The van der Waals surface area contributed by atoms with Crippen LogP contribution in [0.15, 0.2) is 24.8 Å². The van der Waals surface area contributed by atoms with Gasteiger partial charge in [0.2, 0.25) is 0 Å². The van der Waals surface area contributed by atoms with Gasteiger partial charge in [-0.25, -0.2) is 0 Å². The van der Waals surface area contributed by atoms with Gasteiger partial charge >= 0.3 is 0 Å². The molecule has 3 saturated carbocycles. The fourth-order valence-corrected chi connectivity index (χ4v) is 6.92. The van der Waals surface area contributed by atoms with Crippen molar-refractivity contribution in [2.24, 2.45) is 34.5 Å². The second-order valence-corrected chi connectivity index (χ2v) is 8.46. The van der Waals surface area contributed by atoms with Crippen molar-refractivity contribution in [1.82, 2.24) is 0 Å². The Bertz CT molecular complexity index is 433. The fraction of sp³-hybridized carbons (Fsp3) is 0.800. The zero-order valence-corrected chi connectivity index (χ0v) is 13.1. The first-order chi connectivity index (χ1) is 9.70. The molecule has 0 aromatic rings. The molecule has 4 rings (SSSR count). The molecule has 0 saturated heterocycles.